The molecular formula is C21H20N2O4. The summed E-state index contributed by atoms with van der Waals surface area (Å²) in [4.78, 5) is 39.9. The van der Waals surface area contributed by atoms with Gasteiger partial charge in [0.2, 0.25) is 11.8 Å². The molecular weight excluding hydrogens is 344 g/mol. The van der Waals surface area contributed by atoms with Gasteiger partial charge in [0, 0.05) is 6.04 Å². The highest BCUT2D eigenvalue weighted by Gasteiger charge is 2.61. The second-order valence-corrected chi connectivity index (χ2v) is 6.95. The smallest absolute Gasteiger partial charge is 0.323 e. The van der Waals surface area contributed by atoms with Crippen LogP contribution in [0.5, 0.6) is 0 Å². The highest BCUT2D eigenvalue weighted by Crippen LogP contribution is 2.45. The number of carbonyl (C=O) groups is 3. The van der Waals surface area contributed by atoms with Crippen molar-refractivity contribution in [1.29, 1.82) is 0 Å². The van der Waals surface area contributed by atoms with Crippen LogP contribution >= 0.6 is 0 Å². The van der Waals surface area contributed by atoms with Crippen molar-refractivity contribution >= 4 is 23.5 Å². The molecule has 4 rings (SSSR count). The zero-order valence-corrected chi connectivity index (χ0v) is 15.1. The van der Waals surface area contributed by atoms with Crippen LogP contribution in [0.15, 0.2) is 54.6 Å². The fourth-order valence-corrected chi connectivity index (χ4v) is 4.07. The highest BCUT2D eigenvalue weighted by molar-refractivity contribution is 6.23. The molecule has 0 spiro atoms. The highest BCUT2D eigenvalue weighted by atomic mass is 16.5. The van der Waals surface area contributed by atoms with Gasteiger partial charge in [-0.25, -0.2) is 4.90 Å². The van der Waals surface area contributed by atoms with Crippen molar-refractivity contribution in [3.8, 4) is 0 Å². The summed E-state index contributed by atoms with van der Waals surface area (Å²) in [7, 11) is 1.29. The van der Waals surface area contributed by atoms with Gasteiger partial charge in [-0.05, 0) is 24.6 Å². The van der Waals surface area contributed by atoms with Crippen LogP contribution < -0.4 is 10.2 Å². The molecule has 138 valence electrons. The average molecular weight is 364 g/mol. The number of aryl methyl sites for hydroxylation is 1. The number of hydrogen-bond acceptors (Lipinski definition) is 5. The molecule has 6 heteroatoms. The quantitative estimate of drug-likeness (QED) is 0.666. The minimum Gasteiger partial charge on any atom is -0.468 e. The predicted molar refractivity (Wildman–Crippen MR) is 98.8 cm³/mol. The number of nitrogens with zero attached hydrogens (tertiary/aromatic N) is 1. The van der Waals surface area contributed by atoms with Crippen LogP contribution in [0.1, 0.15) is 17.2 Å². The van der Waals surface area contributed by atoms with Gasteiger partial charge >= 0.3 is 5.97 Å². The van der Waals surface area contributed by atoms with Crippen LogP contribution in [0.25, 0.3) is 0 Å². The molecule has 2 saturated heterocycles. The number of esters is 1. The summed E-state index contributed by atoms with van der Waals surface area (Å²) in [5.41, 5.74) is 2.49. The Morgan fingerprint density at radius 2 is 1.59 bits per heavy atom. The molecule has 2 amide bonds. The normalized spacial score (nSPS) is 27.0. The Morgan fingerprint density at radius 1 is 0.963 bits per heavy atom. The molecule has 6 nitrogen and oxygen atoms in total. The Balaban J connectivity index is 1.77. The summed E-state index contributed by atoms with van der Waals surface area (Å²) >= 11 is 0. The number of rotatable bonds is 3. The lowest BCUT2D eigenvalue weighted by Gasteiger charge is -2.22. The van der Waals surface area contributed by atoms with Gasteiger partial charge in [0.25, 0.3) is 0 Å². The first-order valence-electron chi connectivity index (χ1n) is 8.86. The third kappa shape index (κ3) is 2.73. The maximum atomic E-state index is 13.2. The summed E-state index contributed by atoms with van der Waals surface area (Å²) in [6, 6.07) is 15.3. The Hall–Kier alpha value is -2.99. The molecule has 2 aliphatic heterocycles. The summed E-state index contributed by atoms with van der Waals surface area (Å²) in [6.45, 7) is 1.98. The Morgan fingerprint density at radius 3 is 2.22 bits per heavy atom. The lowest BCUT2D eigenvalue weighted by molar-refractivity contribution is -0.145. The number of amides is 2. The van der Waals surface area contributed by atoms with Crippen molar-refractivity contribution in [2.45, 2.75) is 19.0 Å². The van der Waals surface area contributed by atoms with Crippen LogP contribution in [0.4, 0.5) is 5.69 Å². The van der Waals surface area contributed by atoms with E-state index in [0.717, 1.165) is 11.1 Å². The molecule has 0 aliphatic carbocycles. The van der Waals surface area contributed by atoms with Crippen molar-refractivity contribution in [1.82, 2.24) is 5.32 Å². The van der Waals surface area contributed by atoms with Gasteiger partial charge in [-0.2, -0.15) is 0 Å². The third-order valence-electron chi connectivity index (χ3n) is 5.38. The first-order chi connectivity index (χ1) is 13.0. The topological polar surface area (TPSA) is 75.7 Å². The Labute approximate surface area is 157 Å². The van der Waals surface area contributed by atoms with E-state index in [4.69, 9.17) is 4.74 Å². The summed E-state index contributed by atoms with van der Waals surface area (Å²) < 4.78 is 4.89. The second kappa shape index (κ2) is 6.63. The van der Waals surface area contributed by atoms with Crippen molar-refractivity contribution in [2.24, 2.45) is 11.8 Å². The van der Waals surface area contributed by atoms with Crippen LogP contribution in [0.3, 0.4) is 0 Å². The molecule has 4 atom stereocenters. The molecule has 0 radical (unpaired) electrons. The minimum atomic E-state index is -0.850. The maximum Gasteiger partial charge on any atom is 0.323 e. The number of benzene rings is 2. The number of nitrogens with one attached hydrogen (secondary N) is 1. The van der Waals surface area contributed by atoms with E-state index in [0.29, 0.717) is 5.69 Å². The average Bonchev–Trinajstić information content (AvgIpc) is 3.20. The van der Waals surface area contributed by atoms with Crippen LogP contribution in [0.2, 0.25) is 0 Å². The molecule has 0 bridgehead atoms. The molecule has 2 aromatic carbocycles. The van der Waals surface area contributed by atoms with Gasteiger partial charge in [0.15, 0.2) is 0 Å². The van der Waals surface area contributed by atoms with E-state index < -0.39 is 29.9 Å². The van der Waals surface area contributed by atoms with Crippen LogP contribution in [-0.2, 0) is 19.1 Å². The van der Waals surface area contributed by atoms with E-state index in [1.54, 1.807) is 24.3 Å². The number of para-hydroxylation sites is 1. The second-order valence-electron chi connectivity index (χ2n) is 6.95. The monoisotopic (exact) mass is 364 g/mol. The van der Waals surface area contributed by atoms with Gasteiger partial charge < -0.3 is 4.74 Å². The number of anilines is 1. The molecule has 2 aliphatic rings. The van der Waals surface area contributed by atoms with Gasteiger partial charge in [-0.3, -0.25) is 19.7 Å². The van der Waals surface area contributed by atoms with E-state index in [-0.39, 0.29) is 11.8 Å². The number of carbonyl (C=O) groups excluding carboxylic acids is 3. The predicted octanol–water partition coefficient (Wildman–Crippen LogP) is 1.99. The minimum absolute atomic E-state index is 0.291. The molecule has 1 N–H and O–H groups in total. The summed E-state index contributed by atoms with van der Waals surface area (Å²) in [5.74, 6) is -2.62. The van der Waals surface area contributed by atoms with Crippen molar-refractivity contribution < 1.29 is 19.1 Å². The largest absolute Gasteiger partial charge is 0.468 e. The van der Waals surface area contributed by atoms with Crippen LogP contribution in [-0.4, -0.2) is 30.9 Å². The van der Waals surface area contributed by atoms with Crippen molar-refractivity contribution in [2.75, 3.05) is 12.0 Å². The van der Waals surface area contributed by atoms with E-state index in [9.17, 15) is 14.4 Å². The molecule has 0 aromatic heterocycles. The zero-order chi connectivity index (χ0) is 19.1. The summed E-state index contributed by atoms with van der Waals surface area (Å²) in [6.07, 6.45) is 0. The summed E-state index contributed by atoms with van der Waals surface area (Å²) in [5, 5.41) is 3.17. The van der Waals surface area contributed by atoms with E-state index >= 15 is 0 Å². The lowest BCUT2D eigenvalue weighted by Crippen LogP contribution is -2.43. The van der Waals surface area contributed by atoms with Gasteiger partial charge in [0.05, 0.1) is 24.6 Å². The fraction of sp³-hybridized carbons (Fsp3) is 0.286. The molecule has 2 aromatic rings. The molecule has 0 saturated carbocycles. The molecule has 2 fully saturated rings. The Kier molecular flexibility index (Phi) is 4.28. The fourth-order valence-electron chi connectivity index (χ4n) is 4.07. The first-order valence-corrected chi connectivity index (χ1v) is 8.86. The number of imide groups is 1. The lowest BCUT2D eigenvalue weighted by atomic mass is 9.86. The van der Waals surface area contributed by atoms with E-state index in [1.807, 2.05) is 37.3 Å². The van der Waals surface area contributed by atoms with Crippen LogP contribution in [0, 0.1) is 18.8 Å². The number of methoxy groups -OCH3 is 1. The molecule has 2 heterocycles. The standard InChI is InChI=1S/C21H20N2O4/c1-12-8-10-13(11-9-12)17-15-16(18(22-17)21(26)27-2)20(25)23(19(15)24)14-6-4-3-5-7-14/h3-11,15-18,22H,1-2H3/t15-,16+,17-,18+/m0/s1. The SMILES string of the molecule is COC(=O)[C@@H]1N[C@@H](c2ccc(C)cc2)[C@H]2C(=O)N(c3ccccc3)C(=O)[C@H]21. The molecule has 0 unspecified atom stereocenters. The number of ether oxygens (including phenoxy) is 1. The van der Waals surface area contributed by atoms with Gasteiger partial charge in [0.1, 0.15) is 6.04 Å². The zero-order valence-electron chi connectivity index (χ0n) is 15.1. The maximum absolute atomic E-state index is 13.2. The molecule has 27 heavy (non-hydrogen) atoms. The van der Waals surface area contributed by atoms with Gasteiger partial charge in [-0.1, -0.05) is 48.0 Å². The Bertz CT molecular complexity index is 894. The number of hydrogen-bond donors (Lipinski definition) is 1. The van der Waals surface area contributed by atoms with Crippen molar-refractivity contribution in [3.05, 3.63) is 65.7 Å². The van der Waals surface area contributed by atoms with E-state index in [2.05, 4.69) is 5.32 Å². The van der Waals surface area contributed by atoms with Crippen molar-refractivity contribution in [3.63, 3.8) is 0 Å². The third-order valence-corrected chi connectivity index (χ3v) is 5.38. The van der Waals surface area contributed by atoms with Gasteiger partial charge in [-0.15, -0.1) is 0 Å². The number of fused-ring (bicyclic) bond motifs is 1. The van der Waals surface area contributed by atoms with E-state index in [1.165, 1.54) is 12.0 Å². The first kappa shape index (κ1) is 17.4.